The SMILES string of the molecule is COCc1nc(Cl)cc(N(C)Cc2ccc(C)o2)n1. The summed E-state index contributed by atoms with van der Waals surface area (Å²) in [7, 11) is 3.52. The fraction of sp³-hybridized carbons (Fsp3) is 0.385. The standard InChI is InChI=1S/C13H16ClN3O2/c1-9-4-5-10(19-9)7-17(2)13-6-11(14)15-12(16-13)8-18-3/h4-6H,7-8H2,1-3H3. The molecule has 2 aromatic heterocycles. The molecule has 0 radical (unpaired) electrons. The van der Waals surface area contributed by atoms with Crippen LogP contribution in [0.25, 0.3) is 0 Å². The first-order valence-corrected chi connectivity index (χ1v) is 6.25. The van der Waals surface area contributed by atoms with Gasteiger partial charge in [-0.15, -0.1) is 0 Å². The van der Waals surface area contributed by atoms with Crippen molar-refractivity contribution in [2.75, 3.05) is 19.1 Å². The smallest absolute Gasteiger partial charge is 0.158 e. The third-order valence-corrected chi connectivity index (χ3v) is 2.77. The molecule has 0 aliphatic rings. The lowest BCUT2D eigenvalue weighted by molar-refractivity contribution is 0.178. The van der Waals surface area contributed by atoms with Crippen LogP contribution < -0.4 is 4.90 Å². The van der Waals surface area contributed by atoms with Gasteiger partial charge in [-0.05, 0) is 19.1 Å². The Balaban J connectivity index is 2.15. The second kappa shape index (κ2) is 6.04. The molecule has 0 bridgehead atoms. The summed E-state index contributed by atoms with van der Waals surface area (Å²) in [6, 6.07) is 5.60. The Morgan fingerprint density at radius 3 is 2.79 bits per heavy atom. The van der Waals surface area contributed by atoms with Crippen molar-refractivity contribution >= 4 is 17.4 Å². The molecule has 0 saturated heterocycles. The molecule has 0 saturated carbocycles. The van der Waals surface area contributed by atoms with Crippen LogP contribution in [0.2, 0.25) is 5.15 Å². The number of furan rings is 1. The van der Waals surface area contributed by atoms with Crippen molar-refractivity contribution in [1.29, 1.82) is 0 Å². The van der Waals surface area contributed by atoms with Gasteiger partial charge < -0.3 is 14.1 Å². The highest BCUT2D eigenvalue weighted by molar-refractivity contribution is 6.29. The van der Waals surface area contributed by atoms with Crippen LogP contribution in [0, 0.1) is 6.92 Å². The monoisotopic (exact) mass is 281 g/mol. The molecule has 5 nitrogen and oxygen atoms in total. The average molecular weight is 282 g/mol. The Labute approximate surface area is 117 Å². The van der Waals surface area contributed by atoms with Crippen LogP contribution >= 0.6 is 11.6 Å². The molecule has 0 aromatic carbocycles. The van der Waals surface area contributed by atoms with Crippen molar-refractivity contribution in [2.24, 2.45) is 0 Å². The molecule has 6 heteroatoms. The third-order valence-electron chi connectivity index (χ3n) is 2.58. The maximum absolute atomic E-state index is 5.98. The van der Waals surface area contributed by atoms with Crippen LogP contribution in [0.15, 0.2) is 22.6 Å². The van der Waals surface area contributed by atoms with Crippen molar-refractivity contribution in [3.63, 3.8) is 0 Å². The minimum atomic E-state index is 0.335. The fourth-order valence-corrected chi connectivity index (χ4v) is 1.92. The lowest BCUT2D eigenvalue weighted by Gasteiger charge is -2.17. The Morgan fingerprint density at radius 1 is 1.37 bits per heavy atom. The predicted octanol–water partition coefficient (Wildman–Crippen LogP) is 2.81. The molecule has 19 heavy (non-hydrogen) atoms. The average Bonchev–Trinajstić information content (AvgIpc) is 2.74. The number of methoxy groups -OCH3 is 1. The van der Waals surface area contributed by atoms with Crippen molar-refractivity contribution in [2.45, 2.75) is 20.1 Å². The first kappa shape index (κ1) is 13.8. The highest BCUT2D eigenvalue weighted by Gasteiger charge is 2.10. The zero-order chi connectivity index (χ0) is 13.8. The van der Waals surface area contributed by atoms with Crippen molar-refractivity contribution in [1.82, 2.24) is 9.97 Å². The molecule has 2 aromatic rings. The number of rotatable bonds is 5. The minimum absolute atomic E-state index is 0.335. The summed E-state index contributed by atoms with van der Waals surface area (Å²) in [4.78, 5) is 10.4. The minimum Gasteiger partial charge on any atom is -0.464 e. The second-order valence-corrected chi connectivity index (χ2v) is 4.65. The van der Waals surface area contributed by atoms with Gasteiger partial charge >= 0.3 is 0 Å². The van der Waals surface area contributed by atoms with Crippen LogP contribution in [-0.2, 0) is 17.9 Å². The number of nitrogens with zero attached hydrogens (tertiary/aromatic N) is 3. The van der Waals surface area contributed by atoms with E-state index < -0.39 is 0 Å². The van der Waals surface area contributed by atoms with Crippen molar-refractivity contribution in [3.8, 4) is 0 Å². The Morgan fingerprint density at radius 2 is 2.16 bits per heavy atom. The summed E-state index contributed by atoms with van der Waals surface area (Å²) in [5.41, 5.74) is 0. The topological polar surface area (TPSA) is 51.4 Å². The third kappa shape index (κ3) is 3.68. The van der Waals surface area contributed by atoms with E-state index >= 15 is 0 Å². The van der Waals surface area contributed by atoms with Gasteiger partial charge in [0, 0.05) is 20.2 Å². The number of hydrogen-bond donors (Lipinski definition) is 0. The highest BCUT2D eigenvalue weighted by atomic mass is 35.5. The number of anilines is 1. The van der Waals surface area contributed by atoms with E-state index in [-0.39, 0.29) is 0 Å². The molecule has 102 valence electrons. The zero-order valence-corrected chi connectivity index (χ0v) is 11.9. The molecular formula is C13H16ClN3O2. The molecule has 0 aliphatic heterocycles. The van der Waals surface area contributed by atoms with Crippen LogP contribution in [0.5, 0.6) is 0 Å². The first-order valence-electron chi connectivity index (χ1n) is 5.87. The lowest BCUT2D eigenvalue weighted by atomic mass is 10.4. The first-order chi connectivity index (χ1) is 9.08. The van der Waals surface area contributed by atoms with E-state index in [0.717, 1.165) is 17.3 Å². The van der Waals surface area contributed by atoms with E-state index in [1.165, 1.54) is 0 Å². The van der Waals surface area contributed by atoms with Gasteiger partial charge in [-0.25, -0.2) is 9.97 Å². The van der Waals surface area contributed by atoms with Gasteiger partial charge in [0.2, 0.25) is 0 Å². The van der Waals surface area contributed by atoms with E-state index in [1.54, 1.807) is 13.2 Å². The van der Waals surface area contributed by atoms with Gasteiger partial charge in [-0.3, -0.25) is 0 Å². The van der Waals surface area contributed by atoms with Crippen LogP contribution in [0.1, 0.15) is 17.3 Å². The molecule has 0 fully saturated rings. The number of ether oxygens (including phenoxy) is 1. The van der Waals surface area contributed by atoms with Crippen molar-refractivity contribution in [3.05, 3.63) is 40.7 Å². The van der Waals surface area contributed by atoms with Gasteiger partial charge in [-0.1, -0.05) is 11.6 Å². The molecule has 2 heterocycles. The Hall–Kier alpha value is -1.59. The van der Waals surface area contributed by atoms with Gasteiger partial charge in [-0.2, -0.15) is 0 Å². The van der Waals surface area contributed by atoms with E-state index in [2.05, 4.69) is 9.97 Å². The maximum atomic E-state index is 5.98. The summed E-state index contributed by atoms with van der Waals surface area (Å²) < 4.78 is 10.6. The summed E-state index contributed by atoms with van der Waals surface area (Å²) in [6.45, 7) is 2.87. The van der Waals surface area contributed by atoms with Crippen molar-refractivity contribution < 1.29 is 9.15 Å². The number of aromatic nitrogens is 2. The summed E-state index contributed by atoms with van der Waals surface area (Å²) in [6.07, 6.45) is 0. The molecule has 0 atom stereocenters. The van der Waals surface area contributed by atoms with Crippen LogP contribution in [0.3, 0.4) is 0 Å². The second-order valence-electron chi connectivity index (χ2n) is 4.27. The van der Waals surface area contributed by atoms with Gasteiger partial charge in [0.05, 0.1) is 6.54 Å². The van der Waals surface area contributed by atoms with E-state index in [4.69, 9.17) is 20.8 Å². The van der Waals surface area contributed by atoms with E-state index in [1.807, 2.05) is 31.0 Å². The van der Waals surface area contributed by atoms with Crippen LogP contribution in [0.4, 0.5) is 5.82 Å². The summed E-state index contributed by atoms with van der Waals surface area (Å²) in [5, 5.41) is 0.402. The quantitative estimate of drug-likeness (QED) is 0.789. The van der Waals surface area contributed by atoms with Gasteiger partial charge in [0.15, 0.2) is 5.82 Å². The normalized spacial score (nSPS) is 10.7. The van der Waals surface area contributed by atoms with E-state index in [9.17, 15) is 0 Å². The lowest BCUT2D eigenvalue weighted by Crippen LogP contribution is -2.18. The summed E-state index contributed by atoms with van der Waals surface area (Å²) >= 11 is 5.98. The van der Waals surface area contributed by atoms with Gasteiger partial charge in [0.25, 0.3) is 0 Å². The summed E-state index contributed by atoms with van der Waals surface area (Å²) in [5.74, 6) is 3.07. The van der Waals surface area contributed by atoms with E-state index in [0.29, 0.717) is 24.1 Å². The molecule has 0 N–H and O–H groups in total. The Bertz CT molecular complexity index is 557. The van der Waals surface area contributed by atoms with Crippen LogP contribution in [-0.4, -0.2) is 24.1 Å². The fourth-order valence-electron chi connectivity index (χ4n) is 1.73. The number of halogens is 1. The highest BCUT2D eigenvalue weighted by Crippen LogP contribution is 2.18. The number of hydrogen-bond acceptors (Lipinski definition) is 5. The maximum Gasteiger partial charge on any atom is 0.158 e. The predicted molar refractivity (Wildman–Crippen MR) is 73.3 cm³/mol. The zero-order valence-electron chi connectivity index (χ0n) is 11.2. The molecule has 0 aliphatic carbocycles. The van der Waals surface area contributed by atoms with Gasteiger partial charge in [0.1, 0.15) is 29.1 Å². The largest absolute Gasteiger partial charge is 0.464 e. The molecule has 0 unspecified atom stereocenters. The Kier molecular flexibility index (Phi) is 4.39. The molecule has 0 spiro atoms. The molecular weight excluding hydrogens is 266 g/mol. The molecule has 0 amide bonds. The molecule has 2 rings (SSSR count). The number of aryl methyl sites for hydroxylation is 1.